The zero-order valence-electron chi connectivity index (χ0n) is 15.0. The summed E-state index contributed by atoms with van der Waals surface area (Å²) in [6, 6.07) is 6.60. The molecule has 1 saturated heterocycles. The number of aromatic nitrogens is 2. The molecule has 2 aromatic heterocycles. The highest BCUT2D eigenvalue weighted by Gasteiger charge is 2.55. The molecule has 0 radical (unpaired) electrons. The van der Waals surface area contributed by atoms with E-state index in [-0.39, 0.29) is 23.2 Å². The molecule has 9 heteroatoms. The van der Waals surface area contributed by atoms with Gasteiger partial charge in [-0.2, -0.15) is 0 Å². The minimum Gasteiger partial charge on any atom is -0.475 e. The monoisotopic (exact) mass is 393 g/mol. The number of hydrogen-bond acceptors (Lipinski definition) is 6. The Balaban J connectivity index is 1.65. The second kappa shape index (κ2) is 6.13. The molecule has 1 aliphatic heterocycles. The molecule has 3 aromatic rings. The van der Waals surface area contributed by atoms with Crippen molar-refractivity contribution < 1.29 is 28.7 Å². The highest BCUT2D eigenvalue weighted by molar-refractivity contribution is 6.48. The number of imidazole rings is 1. The maximum absolute atomic E-state index is 12.9. The van der Waals surface area contributed by atoms with Gasteiger partial charge in [0, 0.05) is 11.6 Å². The molecule has 1 amide bonds. The largest absolute Gasteiger partial charge is 0.475 e. The SMILES string of the molecule is O=C(O)c1ccc(C2C(C(=O)C3CC3)C(=O)C(=O)N2c2ccc3nc[nH]c3c2)o1. The average Bonchev–Trinajstić information content (AvgIpc) is 3.14. The van der Waals surface area contributed by atoms with E-state index in [1.54, 1.807) is 18.2 Å². The molecule has 2 aliphatic rings. The van der Waals surface area contributed by atoms with E-state index >= 15 is 0 Å². The summed E-state index contributed by atoms with van der Waals surface area (Å²) in [5, 5.41) is 9.18. The van der Waals surface area contributed by atoms with E-state index in [1.807, 2.05) is 0 Å². The van der Waals surface area contributed by atoms with Crippen molar-refractivity contribution in [2.24, 2.45) is 11.8 Å². The zero-order chi connectivity index (χ0) is 20.3. The first-order valence-electron chi connectivity index (χ1n) is 9.13. The van der Waals surface area contributed by atoms with Gasteiger partial charge in [-0.05, 0) is 43.2 Å². The van der Waals surface area contributed by atoms with Crippen LogP contribution in [0, 0.1) is 11.8 Å². The summed E-state index contributed by atoms with van der Waals surface area (Å²) in [5.41, 5.74) is 1.73. The number of aromatic amines is 1. The second-order valence-electron chi connectivity index (χ2n) is 7.25. The van der Waals surface area contributed by atoms with Gasteiger partial charge in [-0.1, -0.05) is 0 Å². The van der Waals surface area contributed by atoms with E-state index in [2.05, 4.69) is 9.97 Å². The van der Waals surface area contributed by atoms with Gasteiger partial charge in [0.1, 0.15) is 23.5 Å². The third kappa shape index (κ3) is 2.65. The number of carboxylic acid groups (broad SMARTS) is 1. The van der Waals surface area contributed by atoms with Crippen LogP contribution in [0.2, 0.25) is 0 Å². The Bertz CT molecular complexity index is 1190. The molecular formula is C20H15N3O6. The number of fused-ring (bicyclic) bond motifs is 1. The Kier molecular flexibility index (Phi) is 3.67. The van der Waals surface area contributed by atoms with Crippen LogP contribution in [-0.4, -0.2) is 38.5 Å². The first-order chi connectivity index (χ1) is 14.0. The smallest absolute Gasteiger partial charge is 0.371 e. The van der Waals surface area contributed by atoms with Gasteiger partial charge < -0.3 is 14.5 Å². The van der Waals surface area contributed by atoms with E-state index in [4.69, 9.17) is 4.42 Å². The van der Waals surface area contributed by atoms with Crippen molar-refractivity contribution in [3.63, 3.8) is 0 Å². The van der Waals surface area contributed by atoms with Gasteiger partial charge in [-0.3, -0.25) is 19.3 Å². The highest BCUT2D eigenvalue weighted by atomic mass is 16.4. The number of rotatable bonds is 5. The molecule has 146 valence electrons. The number of furan rings is 1. The summed E-state index contributed by atoms with van der Waals surface area (Å²) in [7, 11) is 0. The Labute approximate surface area is 163 Å². The van der Waals surface area contributed by atoms with E-state index in [1.165, 1.54) is 23.4 Å². The number of benzene rings is 1. The number of H-pyrrole nitrogens is 1. The van der Waals surface area contributed by atoms with Crippen molar-refractivity contribution in [2.75, 3.05) is 4.90 Å². The summed E-state index contributed by atoms with van der Waals surface area (Å²) in [4.78, 5) is 58.1. The van der Waals surface area contributed by atoms with Gasteiger partial charge in [-0.25, -0.2) is 9.78 Å². The number of amides is 1. The fraction of sp³-hybridized carbons (Fsp3) is 0.250. The van der Waals surface area contributed by atoms with Crippen molar-refractivity contribution in [3.8, 4) is 0 Å². The van der Waals surface area contributed by atoms with Crippen molar-refractivity contribution in [1.82, 2.24) is 9.97 Å². The van der Waals surface area contributed by atoms with Crippen LogP contribution in [0.4, 0.5) is 5.69 Å². The Morgan fingerprint density at radius 2 is 1.97 bits per heavy atom. The number of nitrogens with one attached hydrogen (secondary N) is 1. The van der Waals surface area contributed by atoms with Gasteiger partial charge in [-0.15, -0.1) is 0 Å². The number of carbonyl (C=O) groups excluding carboxylic acids is 3. The molecule has 2 atom stereocenters. The molecule has 3 heterocycles. The molecule has 0 bridgehead atoms. The van der Waals surface area contributed by atoms with Crippen molar-refractivity contribution in [3.05, 3.63) is 48.2 Å². The van der Waals surface area contributed by atoms with E-state index < -0.39 is 29.6 Å². The van der Waals surface area contributed by atoms with Crippen LogP contribution in [0.5, 0.6) is 0 Å². The van der Waals surface area contributed by atoms with Crippen LogP contribution in [-0.2, 0) is 14.4 Å². The average molecular weight is 393 g/mol. The second-order valence-corrected chi connectivity index (χ2v) is 7.25. The number of nitrogens with zero attached hydrogens (tertiary/aromatic N) is 2. The first-order valence-corrected chi connectivity index (χ1v) is 9.13. The van der Waals surface area contributed by atoms with Gasteiger partial charge >= 0.3 is 5.97 Å². The Hall–Kier alpha value is -3.75. The van der Waals surface area contributed by atoms with Crippen molar-refractivity contribution >= 4 is 40.2 Å². The number of carbonyl (C=O) groups is 4. The number of ketones is 2. The Morgan fingerprint density at radius 1 is 1.17 bits per heavy atom. The molecule has 1 aromatic carbocycles. The van der Waals surface area contributed by atoms with Gasteiger partial charge in [0.25, 0.3) is 5.91 Å². The minimum atomic E-state index is -1.28. The van der Waals surface area contributed by atoms with E-state index in [0.29, 0.717) is 29.6 Å². The normalized spacial score (nSPS) is 21.9. The van der Waals surface area contributed by atoms with Gasteiger partial charge in [0.15, 0.2) is 0 Å². The number of Topliss-reactive ketones (excluding diaryl/α,β-unsaturated/α-hetero) is 2. The number of carboxylic acids is 1. The molecule has 2 fully saturated rings. The maximum atomic E-state index is 12.9. The van der Waals surface area contributed by atoms with Crippen molar-refractivity contribution in [1.29, 1.82) is 0 Å². The summed E-state index contributed by atoms with van der Waals surface area (Å²) in [5.74, 6) is -4.90. The number of aromatic carboxylic acids is 1. The zero-order valence-corrected chi connectivity index (χ0v) is 15.0. The van der Waals surface area contributed by atoms with Crippen LogP contribution in [0.25, 0.3) is 11.0 Å². The first kappa shape index (κ1) is 17.4. The Morgan fingerprint density at radius 3 is 2.66 bits per heavy atom. The highest BCUT2D eigenvalue weighted by Crippen LogP contribution is 2.45. The van der Waals surface area contributed by atoms with Gasteiger partial charge in [0.05, 0.1) is 17.4 Å². The van der Waals surface area contributed by atoms with Crippen LogP contribution in [0.3, 0.4) is 0 Å². The predicted octanol–water partition coefficient (Wildman–Crippen LogP) is 2.11. The van der Waals surface area contributed by atoms with Crippen molar-refractivity contribution in [2.45, 2.75) is 18.9 Å². The summed E-state index contributed by atoms with van der Waals surface area (Å²) in [6.45, 7) is 0. The third-order valence-electron chi connectivity index (χ3n) is 5.40. The topological polar surface area (TPSA) is 134 Å². The van der Waals surface area contributed by atoms with E-state index in [0.717, 1.165) is 0 Å². The maximum Gasteiger partial charge on any atom is 0.371 e. The number of anilines is 1. The molecule has 2 N–H and O–H groups in total. The molecule has 0 spiro atoms. The lowest BCUT2D eigenvalue weighted by Gasteiger charge is -2.25. The quantitative estimate of drug-likeness (QED) is 0.501. The molecule has 1 aliphatic carbocycles. The minimum absolute atomic E-state index is 0.0882. The summed E-state index contributed by atoms with van der Waals surface area (Å²) in [6.07, 6.45) is 2.87. The summed E-state index contributed by atoms with van der Waals surface area (Å²) < 4.78 is 5.41. The fourth-order valence-electron chi connectivity index (χ4n) is 3.85. The van der Waals surface area contributed by atoms with Crippen LogP contribution in [0.15, 0.2) is 41.1 Å². The molecule has 2 unspecified atom stereocenters. The summed E-state index contributed by atoms with van der Waals surface area (Å²) >= 11 is 0. The standard InChI is InChI=1S/C20H15N3O6/c24-17(9-1-2-9)15-16(13-5-6-14(29-13)20(27)28)23(19(26)18(15)25)10-3-4-11-12(7-10)22-8-21-11/h3-9,15-16H,1-2H2,(H,21,22)(H,27,28). The lowest BCUT2D eigenvalue weighted by Crippen LogP contribution is -2.30. The van der Waals surface area contributed by atoms with Crippen LogP contribution >= 0.6 is 0 Å². The third-order valence-corrected chi connectivity index (χ3v) is 5.40. The van der Waals surface area contributed by atoms with Gasteiger partial charge in [0.2, 0.25) is 11.5 Å². The molecule has 29 heavy (non-hydrogen) atoms. The van der Waals surface area contributed by atoms with Crippen LogP contribution < -0.4 is 4.90 Å². The molecule has 9 nitrogen and oxygen atoms in total. The lowest BCUT2D eigenvalue weighted by atomic mass is 9.90. The number of hydrogen-bond donors (Lipinski definition) is 2. The molecular weight excluding hydrogens is 378 g/mol. The lowest BCUT2D eigenvalue weighted by molar-refractivity contribution is -0.139. The fourth-order valence-corrected chi connectivity index (χ4v) is 3.85. The van der Waals surface area contributed by atoms with E-state index in [9.17, 15) is 24.3 Å². The molecule has 1 saturated carbocycles. The van der Waals surface area contributed by atoms with Crippen LogP contribution in [0.1, 0.15) is 35.2 Å². The molecule has 5 rings (SSSR count). The predicted molar refractivity (Wildman–Crippen MR) is 98.2 cm³/mol.